The monoisotopic (exact) mass is 498 g/mol. The summed E-state index contributed by atoms with van der Waals surface area (Å²) in [6.45, 7) is 4.45. The number of benzene rings is 3. The highest BCUT2D eigenvalue weighted by Crippen LogP contribution is 2.39. The predicted molar refractivity (Wildman–Crippen MR) is 134 cm³/mol. The van der Waals surface area contributed by atoms with Crippen molar-refractivity contribution in [3.8, 4) is 5.75 Å². The number of anilines is 2. The fraction of sp³-hybridized carbons (Fsp3) is 0.120. The zero-order valence-corrected chi connectivity index (χ0v) is 20.2. The van der Waals surface area contributed by atoms with Gasteiger partial charge in [-0.3, -0.25) is 9.59 Å². The van der Waals surface area contributed by atoms with E-state index in [0.29, 0.717) is 27.9 Å². The number of nitrogens with zero attached hydrogens (tertiary/aromatic N) is 1. The zero-order chi connectivity index (χ0) is 23.5. The van der Waals surface area contributed by atoms with Crippen LogP contribution in [0.3, 0.4) is 0 Å². The third-order valence-electron chi connectivity index (χ3n) is 4.88. The lowest BCUT2D eigenvalue weighted by atomic mass is 10.2. The molecule has 0 aromatic heterocycles. The van der Waals surface area contributed by atoms with E-state index in [1.54, 1.807) is 36.4 Å². The molecule has 3 aromatic carbocycles. The van der Waals surface area contributed by atoms with E-state index >= 15 is 0 Å². The van der Waals surface area contributed by atoms with Gasteiger partial charge in [-0.15, -0.1) is 0 Å². The number of thioether (sulfide) groups is 1. The van der Waals surface area contributed by atoms with Gasteiger partial charge in [-0.05, 0) is 68.4 Å². The average molecular weight is 499 g/mol. The van der Waals surface area contributed by atoms with Crippen LogP contribution in [-0.2, 0) is 9.59 Å². The van der Waals surface area contributed by atoms with Crippen molar-refractivity contribution in [2.45, 2.75) is 18.7 Å². The van der Waals surface area contributed by atoms with Crippen LogP contribution in [-0.4, -0.2) is 18.4 Å². The second kappa shape index (κ2) is 9.91. The molecule has 0 bridgehead atoms. The Bertz CT molecular complexity index is 1240. The molecule has 1 heterocycles. The summed E-state index contributed by atoms with van der Waals surface area (Å²) in [5.41, 5.74) is 2.31. The third-order valence-corrected chi connectivity index (χ3v) is 6.71. The standard InChI is InChI=1S/C25H20Cl2N2O3S/c1-3-32-18-9-6-16(7-10-18)28-22-23(33-19-11-4-15(2)5-12-19)25(31)29(24(22)30)17-8-13-20(26)21(27)14-17/h4-14,28H,3H2,1-2H3. The van der Waals surface area contributed by atoms with E-state index in [1.165, 1.54) is 17.8 Å². The van der Waals surface area contributed by atoms with E-state index in [2.05, 4.69) is 5.32 Å². The maximum absolute atomic E-state index is 13.4. The molecule has 0 saturated carbocycles. The lowest BCUT2D eigenvalue weighted by Gasteiger charge is -2.16. The van der Waals surface area contributed by atoms with Crippen molar-refractivity contribution in [2.24, 2.45) is 0 Å². The van der Waals surface area contributed by atoms with Crippen molar-refractivity contribution in [1.82, 2.24) is 0 Å². The van der Waals surface area contributed by atoms with Crippen LogP contribution in [0.5, 0.6) is 5.75 Å². The topological polar surface area (TPSA) is 58.6 Å². The third kappa shape index (κ3) is 5.03. The molecule has 1 aliphatic heterocycles. The normalized spacial score (nSPS) is 13.6. The van der Waals surface area contributed by atoms with Crippen molar-refractivity contribution in [2.75, 3.05) is 16.8 Å². The van der Waals surface area contributed by atoms with Crippen molar-refractivity contribution in [1.29, 1.82) is 0 Å². The van der Waals surface area contributed by atoms with Gasteiger partial charge in [0.1, 0.15) is 16.4 Å². The first-order valence-corrected chi connectivity index (χ1v) is 11.8. The maximum atomic E-state index is 13.4. The minimum atomic E-state index is -0.470. The molecule has 0 fully saturated rings. The molecule has 2 amide bonds. The number of imide groups is 1. The van der Waals surface area contributed by atoms with Crippen molar-refractivity contribution in [3.63, 3.8) is 0 Å². The Morgan fingerprint density at radius 2 is 1.61 bits per heavy atom. The summed E-state index contributed by atoms with van der Waals surface area (Å²) in [5.74, 6) is -0.183. The molecular weight excluding hydrogens is 479 g/mol. The highest BCUT2D eigenvalue weighted by atomic mass is 35.5. The van der Waals surface area contributed by atoms with E-state index in [4.69, 9.17) is 27.9 Å². The van der Waals surface area contributed by atoms with Gasteiger partial charge >= 0.3 is 0 Å². The Labute approximate surface area is 206 Å². The molecule has 1 aliphatic rings. The highest BCUT2D eigenvalue weighted by Gasteiger charge is 2.40. The van der Waals surface area contributed by atoms with Crippen LogP contribution in [0, 0.1) is 6.92 Å². The largest absolute Gasteiger partial charge is 0.494 e. The van der Waals surface area contributed by atoms with Crippen LogP contribution in [0.1, 0.15) is 12.5 Å². The summed E-state index contributed by atoms with van der Waals surface area (Å²) in [4.78, 5) is 29.1. The van der Waals surface area contributed by atoms with E-state index in [1.807, 2.05) is 38.1 Å². The minimum Gasteiger partial charge on any atom is -0.494 e. The zero-order valence-electron chi connectivity index (χ0n) is 17.9. The van der Waals surface area contributed by atoms with Crippen molar-refractivity contribution < 1.29 is 14.3 Å². The van der Waals surface area contributed by atoms with Gasteiger partial charge in [0.15, 0.2) is 0 Å². The number of carbonyl (C=O) groups excluding carboxylic acids is 2. The van der Waals surface area contributed by atoms with Crippen molar-refractivity contribution in [3.05, 3.63) is 92.9 Å². The van der Waals surface area contributed by atoms with Gasteiger partial charge < -0.3 is 10.1 Å². The van der Waals surface area contributed by atoms with Crippen LogP contribution in [0.4, 0.5) is 11.4 Å². The van der Waals surface area contributed by atoms with Crippen LogP contribution in [0.25, 0.3) is 0 Å². The Kier molecular flexibility index (Phi) is 6.98. The molecule has 0 unspecified atom stereocenters. The fourth-order valence-corrected chi connectivity index (χ4v) is 4.46. The van der Waals surface area contributed by atoms with Gasteiger partial charge in [0, 0.05) is 10.6 Å². The Hall–Kier alpha value is -2.93. The summed E-state index contributed by atoms with van der Waals surface area (Å²) in [6.07, 6.45) is 0. The number of rotatable bonds is 7. The number of aryl methyl sites for hydroxylation is 1. The first-order valence-electron chi connectivity index (χ1n) is 10.2. The van der Waals surface area contributed by atoms with Gasteiger partial charge in [0.2, 0.25) is 0 Å². The SMILES string of the molecule is CCOc1ccc(NC2=C(Sc3ccc(C)cc3)C(=O)N(c3ccc(Cl)c(Cl)c3)C2=O)cc1. The van der Waals surface area contributed by atoms with E-state index in [-0.39, 0.29) is 10.7 Å². The molecule has 33 heavy (non-hydrogen) atoms. The molecule has 0 radical (unpaired) electrons. The van der Waals surface area contributed by atoms with Crippen molar-refractivity contribution >= 4 is 58.2 Å². The number of amides is 2. The number of hydrogen-bond acceptors (Lipinski definition) is 5. The molecule has 8 heteroatoms. The Morgan fingerprint density at radius 3 is 2.24 bits per heavy atom. The first-order chi connectivity index (χ1) is 15.9. The summed E-state index contributed by atoms with van der Waals surface area (Å²) < 4.78 is 5.48. The molecule has 168 valence electrons. The Morgan fingerprint density at radius 1 is 0.909 bits per heavy atom. The van der Waals surface area contributed by atoms with Crippen LogP contribution < -0.4 is 15.0 Å². The number of hydrogen-bond donors (Lipinski definition) is 1. The minimum absolute atomic E-state index is 0.195. The van der Waals surface area contributed by atoms with E-state index < -0.39 is 11.8 Å². The number of halogens is 2. The Balaban J connectivity index is 1.71. The molecular formula is C25H20Cl2N2O3S. The molecule has 0 aliphatic carbocycles. The molecule has 0 spiro atoms. The van der Waals surface area contributed by atoms with Crippen LogP contribution in [0.2, 0.25) is 10.0 Å². The summed E-state index contributed by atoms with van der Waals surface area (Å²) >= 11 is 13.4. The van der Waals surface area contributed by atoms with Gasteiger partial charge in [0.05, 0.1) is 22.3 Å². The van der Waals surface area contributed by atoms with Gasteiger partial charge in [0.25, 0.3) is 11.8 Å². The maximum Gasteiger partial charge on any atom is 0.283 e. The van der Waals surface area contributed by atoms with Gasteiger partial charge in [-0.25, -0.2) is 4.90 Å². The lowest BCUT2D eigenvalue weighted by Crippen LogP contribution is -2.32. The fourth-order valence-electron chi connectivity index (χ4n) is 3.24. The van der Waals surface area contributed by atoms with E-state index in [9.17, 15) is 9.59 Å². The second-order valence-corrected chi connectivity index (χ2v) is 9.14. The molecule has 0 atom stereocenters. The van der Waals surface area contributed by atoms with Gasteiger partial charge in [-0.1, -0.05) is 52.7 Å². The summed E-state index contributed by atoms with van der Waals surface area (Å²) in [7, 11) is 0. The smallest absolute Gasteiger partial charge is 0.283 e. The second-order valence-electron chi connectivity index (χ2n) is 7.25. The van der Waals surface area contributed by atoms with Crippen LogP contribution in [0.15, 0.2) is 82.2 Å². The molecule has 3 aromatic rings. The quantitative estimate of drug-likeness (QED) is 0.367. The molecule has 4 rings (SSSR count). The number of ether oxygens (including phenoxy) is 1. The predicted octanol–water partition coefficient (Wildman–Crippen LogP) is 6.69. The highest BCUT2D eigenvalue weighted by molar-refractivity contribution is 8.04. The van der Waals surface area contributed by atoms with Gasteiger partial charge in [-0.2, -0.15) is 0 Å². The number of nitrogens with one attached hydrogen (secondary N) is 1. The number of carbonyl (C=O) groups is 2. The summed E-state index contributed by atoms with van der Waals surface area (Å²) in [6, 6.07) is 19.6. The molecule has 5 nitrogen and oxygen atoms in total. The average Bonchev–Trinajstić information content (AvgIpc) is 3.02. The summed E-state index contributed by atoms with van der Waals surface area (Å²) in [5, 5.41) is 3.73. The molecule has 1 N–H and O–H groups in total. The first kappa shape index (κ1) is 23.2. The molecule has 0 saturated heterocycles. The van der Waals surface area contributed by atoms with E-state index in [0.717, 1.165) is 21.1 Å². The lowest BCUT2D eigenvalue weighted by molar-refractivity contribution is -0.120. The van der Waals surface area contributed by atoms with Crippen LogP contribution >= 0.6 is 35.0 Å².